The highest BCUT2D eigenvalue weighted by molar-refractivity contribution is 6.31. The van der Waals surface area contributed by atoms with E-state index in [0.717, 1.165) is 0 Å². The zero-order valence-electron chi connectivity index (χ0n) is 5.99. The van der Waals surface area contributed by atoms with Crippen LogP contribution in [0.1, 0.15) is 11.1 Å². The van der Waals surface area contributed by atoms with E-state index >= 15 is 0 Å². The monoisotopic (exact) mass is 168 g/mol. The standard InChI is InChI=1S/C9H6ClF/c1-3-7-4-5-8(10)6(2)9(7)11/h1,4-5H,2H3. The Morgan fingerprint density at radius 3 is 2.73 bits per heavy atom. The third-order valence-electron chi connectivity index (χ3n) is 1.48. The molecule has 0 saturated carbocycles. The van der Waals surface area contributed by atoms with Crippen LogP contribution in [0.2, 0.25) is 5.02 Å². The van der Waals surface area contributed by atoms with Crippen LogP contribution in [0.3, 0.4) is 0 Å². The molecular formula is C9H6ClF. The van der Waals surface area contributed by atoms with Gasteiger partial charge in [0.2, 0.25) is 0 Å². The summed E-state index contributed by atoms with van der Waals surface area (Å²) in [5.74, 6) is 1.83. The first kappa shape index (κ1) is 8.10. The van der Waals surface area contributed by atoms with Crippen LogP contribution in [0.15, 0.2) is 12.1 Å². The fraction of sp³-hybridized carbons (Fsp3) is 0.111. The molecule has 0 aliphatic carbocycles. The highest BCUT2D eigenvalue weighted by Crippen LogP contribution is 2.20. The number of halogens is 2. The normalized spacial score (nSPS) is 9.27. The van der Waals surface area contributed by atoms with Gasteiger partial charge in [0.15, 0.2) is 0 Å². The molecule has 1 rings (SSSR count). The Bertz CT molecular complexity index is 323. The van der Waals surface area contributed by atoms with Crippen LogP contribution in [0.5, 0.6) is 0 Å². The summed E-state index contributed by atoms with van der Waals surface area (Å²) in [6.07, 6.45) is 5.04. The third-order valence-corrected chi connectivity index (χ3v) is 1.89. The molecule has 0 aliphatic heterocycles. The van der Waals surface area contributed by atoms with Crippen molar-refractivity contribution in [2.45, 2.75) is 6.92 Å². The molecule has 0 N–H and O–H groups in total. The predicted molar refractivity (Wildman–Crippen MR) is 44.1 cm³/mol. The lowest BCUT2D eigenvalue weighted by atomic mass is 10.1. The Labute approximate surface area is 70.0 Å². The minimum absolute atomic E-state index is 0.256. The molecule has 0 aromatic heterocycles. The fourth-order valence-electron chi connectivity index (χ4n) is 0.773. The van der Waals surface area contributed by atoms with Crippen LogP contribution in [-0.2, 0) is 0 Å². The largest absolute Gasteiger partial charge is 0.205 e. The number of hydrogen-bond donors (Lipinski definition) is 0. The van der Waals surface area contributed by atoms with Crippen LogP contribution in [-0.4, -0.2) is 0 Å². The van der Waals surface area contributed by atoms with E-state index in [1.54, 1.807) is 13.0 Å². The zero-order valence-corrected chi connectivity index (χ0v) is 6.74. The quantitative estimate of drug-likeness (QED) is 0.523. The second-order valence-corrected chi connectivity index (χ2v) is 2.59. The van der Waals surface area contributed by atoms with Gasteiger partial charge in [-0.3, -0.25) is 0 Å². The van der Waals surface area contributed by atoms with Crippen molar-refractivity contribution in [1.29, 1.82) is 0 Å². The van der Waals surface area contributed by atoms with E-state index in [2.05, 4.69) is 5.92 Å². The Morgan fingerprint density at radius 2 is 2.18 bits per heavy atom. The summed E-state index contributed by atoms with van der Waals surface area (Å²) in [6.45, 7) is 1.60. The van der Waals surface area contributed by atoms with E-state index in [9.17, 15) is 4.39 Å². The number of terminal acetylenes is 1. The van der Waals surface area contributed by atoms with E-state index in [1.165, 1.54) is 6.07 Å². The van der Waals surface area contributed by atoms with E-state index in [0.29, 0.717) is 10.6 Å². The lowest BCUT2D eigenvalue weighted by molar-refractivity contribution is 0.615. The van der Waals surface area contributed by atoms with Crippen LogP contribution in [0.25, 0.3) is 0 Å². The van der Waals surface area contributed by atoms with Crippen LogP contribution in [0.4, 0.5) is 4.39 Å². The molecule has 0 spiro atoms. The lowest BCUT2D eigenvalue weighted by Crippen LogP contribution is -1.88. The maximum Gasteiger partial charge on any atom is 0.143 e. The zero-order chi connectivity index (χ0) is 8.43. The third kappa shape index (κ3) is 1.36. The van der Waals surface area contributed by atoms with Crippen molar-refractivity contribution in [3.63, 3.8) is 0 Å². The van der Waals surface area contributed by atoms with Crippen molar-refractivity contribution < 1.29 is 4.39 Å². The van der Waals surface area contributed by atoms with Crippen LogP contribution >= 0.6 is 11.6 Å². The SMILES string of the molecule is C#Cc1ccc(Cl)c(C)c1F. The number of benzene rings is 1. The van der Waals surface area contributed by atoms with Gasteiger partial charge in [-0.05, 0) is 19.1 Å². The minimum atomic E-state index is -0.403. The maximum atomic E-state index is 13.0. The average molecular weight is 169 g/mol. The van der Waals surface area contributed by atoms with Gasteiger partial charge in [-0.15, -0.1) is 6.42 Å². The molecule has 0 saturated heterocycles. The molecule has 11 heavy (non-hydrogen) atoms. The van der Waals surface area contributed by atoms with E-state index < -0.39 is 5.82 Å². The molecule has 0 bridgehead atoms. The average Bonchev–Trinajstić information content (AvgIpc) is 2.01. The van der Waals surface area contributed by atoms with Gasteiger partial charge < -0.3 is 0 Å². The molecule has 0 amide bonds. The van der Waals surface area contributed by atoms with E-state index in [4.69, 9.17) is 18.0 Å². The Morgan fingerprint density at radius 1 is 1.55 bits per heavy atom. The van der Waals surface area contributed by atoms with Crippen molar-refractivity contribution in [2.75, 3.05) is 0 Å². The van der Waals surface area contributed by atoms with E-state index in [-0.39, 0.29) is 5.56 Å². The maximum absolute atomic E-state index is 13.0. The van der Waals surface area contributed by atoms with Gasteiger partial charge in [0.1, 0.15) is 5.82 Å². The summed E-state index contributed by atoms with van der Waals surface area (Å²) in [4.78, 5) is 0. The lowest BCUT2D eigenvalue weighted by Gasteiger charge is -2.00. The first-order chi connectivity index (χ1) is 5.16. The van der Waals surface area contributed by atoms with Crippen molar-refractivity contribution >= 4 is 11.6 Å². The molecule has 0 unspecified atom stereocenters. The van der Waals surface area contributed by atoms with Gasteiger partial charge in [0, 0.05) is 10.6 Å². The summed E-state index contributed by atoms with van der Waals surface area (Å²) in [6, 6.07) is 3.08. The smallest absolute Gasteiger partial charge is 0.143 e. The van der Waals surface area contributed by atoms with Crippen molar-refractivity contribution in [1.82, 2.24) is 0 Å². The van der Waals surface area contributed by atoms with Gasteiger partial charge in [0.05, 0.1) is 5.56 Å². The van der Waals surface area contributed by atoms with Gasteiger partial charge >= 0.3 is 0 Å². The summed E-state index contributed by atoms with van der Waals surface area (Å²) >= 11 is 5.63. The molecule has 0 aliphatic rings. The summed E-state index contributed by atoms with van der Waals surface area (Å²) in [7, 11) is 0. The van der Waals surface area contributed by atoms with Crippen molar-refractivity contribution in [3.8, 4) is 12.3 Å². The van der Waals surface area contributed by atoms with Gasteiger partial charge in [-0.25, -0.2) is 4.39 Å². The summed E-state index contributed by atoms with van der Waals surface area (Å²) < 4.78 is 13.0. The summed E-state index contributed by atoms with van der Waals surface area (Å²) in [5.41, 5.74) is 0.661. The second-order valence-electron chi connectivity index (χ2n) is 2.18. The fourth-order valence-corrected chi connectivity index (χ4v) is 0.919. The van der Waals surface area contributed by atoms with Crippen molar-refractivity contribution in [2.24, 2.45) is 0 Å². The number of rotatable bonds is 0. The molecule has 0 heterocycles. The number of hydrogen-bond acceptors (Lipinski definition) is 0. The van der Waals surface area contributed by atoms with Crippen LogP contribution < -0.4 is 0 Å². The molecule has 0 radical (unpaired) electrons. The molecular weight excluding hydrogens is 163 g/mol. The Hall–Kier alpha value is -1.00. The minimum Gasteiger partial charge on any atom is -0.205 e. The second kappa shape index (κ2) is 2.94. The van der Waals surface area contributed by atoms with E-state index in [1.807, 2.05) is 0 Å². The molecule has 2 heteroatoms. The van der Waals surface area contributed by atoms with Gasteiger partial charge in [0.25, 0.3) is 0 Å². The molecule has 0 fully saturated rings. The molecule has 1 aromatic rings. The Balaban J connectivity index is 3.40. The Kier molecular flexibility index (Phi) is 2.16. The first-order valence-corrected chi connectivity index (χ1v) is 3.46. The van der Waals surface area contributed by atoms with Gasteiger partial charge in [-0.2, -0.15) is 0 Å². The summed E-state index contributed by atoms with van der Waals surface area (Å²) in [5, 5.41) is 0.404. The van der Waals surface area contributed by atoms with Crippen molar-refractivity contribution in [3.05, 3.63) is 34.1 Å². The molecule has 1 aromatic carbocycles. The topological polar surface area (TPSA) is 0 Å². The molecule has 56 valence electrons. The van der Waals surface area contributed by atoms with Crippen LogP contribution in [0, 0.1) is 25.1 Å². The molecule has 0 nitrogen and oxygen atoms in total. The first-order valence-electron chi connectivity index (χ1n) is 3.08. The predicted octanol–water partition coefficient (Wildman–Crippen LogP) is 2.77. The van der Waals surface area contributed by atoms with Gasteiger partial charge in [-0.1, -0.05) is 17.5 Å². The highest BCUT2D eigenvalue weighted by Gasteiger charge is 2.05. The molecule has 0 atom stereocenters. The highest BCUT2D eigenvalue weighted by atomic mass is 35.5.